The van der Waals surface area contributed by atoms with Crippen LogP contribution in [0.5, 0.6) is 0 Å². The number of nitrogens with zero attached hydrogens (tertiary/aromatic N) is 1. The lowest BCUT2D eigenvalue weighted by atomic mass is 10.1. The van der Waals surface area contributed by atoms with Gasteiger partial charge in [0.25, 0.3) is 5.91 Å². The Morgan fingerprint density at radius 3 is 2.54 bits per heavy atom. The van der Waals surface area contributed by atoms with Gasteiger partial charge in [0.1, 0.15) is 0 Å². The van der Waals surface area contributed by atoms with Crippen molar-refractivity contribution < 1.29 is 9.21 Å². The van der Waals surface area contributed by atoms with E-state index in [2.05, 4.69) is 17.1 Å². The highest BCUT2D eigenvalue weighted by Gasteiger charge is 2.19. The second kappa shape index (κ2) is 7.10. The molecule has 4 aromatic rings. The van der Waals surface area contributed by atoms with E-state index in [1.54, 1.807) is 17.0 Å². The van der Waals surface area contributed by atoms with Crippen molar-refractivity contribution in [3.05, 3.63) is 95.0 Å². The van der Waals surface area contributed by atoms with Crippen LogP contribution in [-0.4, -0.2) is 15.8 Å². The highest BCUT2D eigenvalue weighted by Crippen LogP contribution is 2.19. The first-order valence-electron chi connectivity index (χ1n) is 8.32. The Labute approximate surface area is 156 Å². The predicted octanol–water partition coefficient (Wildman–Crippen LogP) is 5.26. The van der Waals surface area contributed by atoms with Gasteiger partial charge in [-0.2, -0.15) is 0 Å². The molecular formula is C21H17ClN2O2. The molecule has 0 atom stereocenters. The van der Waals surface area contributed by atoms with Gasteiger partial charge in [0.05, 0.1) is 6.26 Å². The molecule has 0 spiro atoms. The fourth-order valence-electron chi connectivity index (χ4n) is 2.98. The number of carbonyl (C=O) groups is 1. The lowest BCUT2D eigenvalue weighted by Crippen LogP contribution is -2.29. The first-order chi connectivity index (χ1) is 12.7. The summed E-state index contributed by atoms with van der Waals surface area (Å²) in [5.74, 6) is 0.191. The maximum atomic E-state index is 12.9. The Hall–Kier alpha value is -2.98. The molecule has 4 nitrogen and oxygen atoms in total. The maximum absolute atomic E-state index is 12.9. The van der Waals surface area contributed by atoms with E-state index < -0.39 is 0 Å². The van der Waals surface area contributed by atoms with E-state index in [0.29, 0.717) is 23.9 Å². The Bertz CT molecular complexity index is 1020. The molecule has 2 aromatic heterocycles. The monoisotopic (exact) mass is 364 g/mol. The molecule has 0 saturated carbocycles. The molecule has 5 heteroatoms. The number of hydrogen-bond donors (Lipinski definition) is 1. The van der Waals surface area contributed by atoms with E-state index >= 15 is 0 Å². The number of H-pyrrole nitrogens is 1. The second-order valence-electron chi connectivity index (χ2n) is 6.16. The van der Waals surface area contributed by atoms with Gasteiger partial charge in [-0.25, -0.2) is 0 Å². The quantitative estimate of drug-likeness (QED) is 0.525. The van der Waals surface area contributed by atoms with E-state index in [9.17, 15) is 4.79 Å². The molecule has 1 amide bonds. The molecule has 2 heterocycles. The van der Waals surface area contributed by atoms with Gasteiger partial charge in [0.2, 0.25) is 0 Å². The highest BCUT2D eigenvalue weighted by atomic mass is 35.5. The molecule has 0 aliphatic carbocycles. The van der Waals surface area contributed by atoms with Crippen LogP contribution in [0.4, 0.5) is 0 Å². The standard InChI is InChI=1S/C21H17ClN2O2/c22-18-7-4-15(5-8-18)13-24(21(25)20-2-1-11-26-20)14-16-3-6-17-9-10-23-19(17)12-16/h1-12,23H,13-14H2. The Morgan fingerprint density at radius 1 is 1.00 bits per heavy atom. The summed E-state index contributed by atoms with van der Waals surface area (Å²) >= 11 is 5.97. The Morgan fingerprint density at radius 2 is 1.77 bits per heavy atom. The number of nitrogens with one attached hydrogen (secondary N) is 1. The molecule has 0 aliphatic heterocycles. The minimum atomic E-state index is -0.142. The average Bonchev–Trinajstić information content (AvgIpc) is 3.33. The number of aromatic amines is 1. The topological polar surface area (TPSA) is 49.2 Å². The lowest BCUT2D eigenvalue weighted by molar-refractivity contribution is 0.0697. The second-order valence-corrected chi connectivity index (χ2v) is 6.60. The van der Waals surface area contributed by atoms with Crippen molar-refractivity contribution in [3.8, 4) is 0 Å². The Balaban J connectivity index is 1.62. The van der Waals surface area contributed by atoms with Gasteiger partial charge < -0.3 is 14.3 Å². The van der Waals surface area contributed by atoms with Gasteiger partial charge in [-0.15, -0.1) is 0 Å². The number of aromatic nitrogens is 1. The van der Waals surface area contributed by atoms with E-state index in [-0.39, 0.29) is 5.91 Å². The summed E-state index contributed by atoms with van der Waals surface area (Å²) < 4.78 is 5.31. The van der Waals surface area contributed by atoms with E-state index in [1.807, 2.05) is 42.6 Å². The summed E-state index contributed by atoms with van der Waals surface area (Å²) in [6, 6.07) is 19.1. The third-order valence-corrected chi connectivity index (χ3v) is 4.55. The van der Waals surface area contributed by atoms with Crippen molar-refractivity contribution in [3.63, 3.8) is 0 Å². The molecule has 26 heavy (non-hydrogen) atoms. The molecule has 0 saturated heterocycles. The normalized spacial score (nSPS) is 11.0. The molecule has 2 aromatic carbocycles. The van der Waals surface area contributed by atoms with Gasteiger partial charge in [-0.3, -0.25) is 4.79 Å². The predicted molar refractivity (Wildman–Crippen MR) is 102 cm³/mol. The van der Waals surface area contributed by atoms with Crippen LogP contribution in [0.1, 0.15) is 21.7 Å². The van der Waals surface area contributed by atoms with Crippen LogP contribution in [0, 0.1) is 0 Å². The van der Waals surface area contributed by atoms with Crippen LogP contribution in [0.15, 0.2) is 77.5 Å². The highest BCUT2D eigenvalue weighted by molar-refractivity contribution is 6.30. The summed E-state index contributed by atoms with van der Waals surface area (Å²) in [6.07, 6.45) is 3.42. The van der Waals surface area contributed by atoms with Gasteiger partial charge >= 0.3 is 0 Å². The summed E-state index contributed by atoms with van der Waals surface area (Å²) in [7, 11) is 0. The zero-order valence-electron chi connectivity index (χ0n) is 14.0. The average molecular weight is 365 g/mol. The number of hydrogen-bond acceptors (Lipinski definition) is 2. The number of furan rings is 1. The largest absolute Gasteiger partial charge is 0.459 e. The minimum Gasteiger partial charge on any atom is -0.459 e. The van der Waals surface area contributed by atoms with Crippen molar-refractivity contribution >= 4 is 28.4 Å². The molecule has 0 bridgehead atoms. The number of halogens is 1. The first-order valence-corrected chi connectivity index (χ1v) is 8.70. The fourth-order valence-corrected chi connectivity index (χ4v) is 3.11. The molecule has 0 unspecified atom stereocenters. The van der Waals surface area contributed by atoms with E-state index in [0.717, 1.165) is 22.0 Å². The molecule has 0 radical (unpaired) electrons. The number of amides is 1. The Kier molecular flexibility index (Phi) is 4.50. The van der Waals surface area contributed by atoms with Crippen LogP contribution in [-0.2, 0) is 13.1 Å². The van der Waals surface area contributed by atoms with Gasteiger partial charge in [-0.05, 0) is 52.9 Å². The van der Waals surface area contributed by atoms with Crippen molar-refractivity contribution in [2.45, 2.75) is 13.1 Å². The van der Waals surface area contributed by atoms with Crippen LogP contribution >= 0.6 is 11.6 Å². The number of fused-ring (bicyclic) bond motifs is 1. The minimum absolute atomic E-state index is 0.142. The molecule has 130 valence electrons. The van der Waals surface area contributed by atoms with Crippen molar-refractivity contribution in [2.75, 3.05) is 0 Å². The molecule has 1 N–H and O–H groups in total. The number of carbonyl (C=O) groups excluding carboxylic acids is 1. The lowest BCUT2D eigenvalue weighted by Gasteiger charge is -2.22. The molecule has 0 fully saturated rings. The maximum Gasteiger partial charge on any atom is 0.290 e. The van der Waals surface area contributed by atoms with E-state index in [4.69, 9.17) is 16.0 Å². The van der Waals surface area contributed by atoms with Crippen LogP contribution in [0.3, 0.4) is 0 Å². The van der Waals surface area contributed by atoms with E-state index in [1.165, 1.54) is 6.26 Å². The van der Waals surface area contributed by atoms with Gasteiger partial charge in [-0.1, -0.05) is 35.9 Å². The zero-order valence-corrected chi connectivity index (χ0v) is 14.7. The number of rotatable bonds is 5. The van der Waals surface area contributed by atoms with Crippen molar-refractivity contribution in [1.29, 1.82) is 0 Å². The third-order valence-electron chi connectivity index (χ3n) is 4.30. The van der Waals surface area contributed by atoms with Crippen LogP contribution in [0.2, 0.25) is 5.02 Å². The summed E-state index contributed by atoms with van der Waals surface area (Å²) in [5.41, 5.74) is 3.11. The fraction of sp³-hybridized carbons (Fsp3) is 0.0952. The molecule has 0 aliphatic rings. The summed E-state index contributed by atoms with van der Waals surface area (Å²) in [4.78, 5) is 17.9. The van der Waals surface area contributed by atoms with Crippen LogP contribution in [0.25, 0.3) is 10.9 Å². The van der Waals surface area contributed by atoms with Crippen molar-refractivity contribution in [2.24, 2.45) is 0 Å². The number of benzene rings is 2. The molecule has 4 rings (SSSR count). The molecular weight excluding hydrogens is 348 g/mol. The summed E-state index contributed by atoms with van der Waals surface area (Å²) in [5, 5.41) is 1.82. The SMILES string of the molecule is O=C(c1ccco1)N(Cc1ccc(Cl)cc1)Cc1ccc2cc[nH]c2c1. The third kappa shape index (κ3) is 3.51. The van der Waals surface area contributed by atoms with Crippen molar-refractivity contribution in [1.82, 2.24) is 9.88 Å². The smallest absolute Gasteiger partial charge is 0.290 e. The van der Waals surface area contributed by atoms with Gasteiger partial charge in [0.15, 0.2) is 5.76 Å². The summed E-state index contributed by atoms with van der Waals surface area (Å²) in [6.45, 7) is 0.955. The zero-order chi connectivity index (χ0) is 17.9. The van der Waals surface area contributed by atoms with Gasteiger partial charge in [0, 0.05) is 29.8 Å². The first kappa shape index (κ1) is 16.5. The van der Waals surface area contributed by atoms with Crippen LogP contribution < -0.4 is 0 Å².